The number of hydrogen-bond acceptors (Lipinski definition) is 6. The lowest BCUT2D eigenvalue weighted by Crippen LogP contribution is -2.54. The molecular formula is C26H32N2O5S. The second kappa shape index (κ2) is 8.04. The quantitative estimate of drug-likeness (QED) is 0.655. The molecule has 1 aliphatic heterocycles. The van der Waals surface area contributed by atoms with Crippen molar-refractivity contribution in [2.45, 2.75) is 64.2 Å². The van der Waals surface area contributed by atoms with Crippen molar-refractivity contribution in [3.63, 3.8) is 0 Å². The molecule has 1 aromatic rings. The van der Waals surface area contributed by atoms with Gasteiger partial charge in [0.15, 0.2) is 0 Å². The molecule has 34 heavy (non-hydrogen) atoms. The van der Waals surface area contributed by atoms with Crippen molar-refractivity contribution in [3.8, 4) is 0 Å². The van der Waals surface area contributed by atoms with Gasteiger partial charge in [-0.15, -0.1) is 0 Å². The second-order valence-corrected chi connectivity index (χ2v) is 12.4. The lowest BCUT2D eigenvalue weighted by atomic mass is 9.48. The number of nitrogens with one attached hydrogen (secondary N) is 1. The fourth-order valence-corrected chi connectivity index (χ4v) is 7.92. The van der Waals surface area contributed by atoms with Crippen molar-refractivity contribution in [3.05, 3.63) is 41.5 Å². The molecular weight excluding hydrogens is 452 g/mol. The van der Waals surface area contributed by atoms with Gasteiger partial charge in [0.25, 0.3) is 0 Å². The van der Waals surface area contributed by atoms with Crippen molar-refractivity contribution in [1.82, 2.24) is 5.32 Å². The summed E-state index contributed by atoms with van der Waals surface area (Å²) in [6.07, 6.45) is 5.98. The van der Waals surface area contributed by atoms with Crippen LogP contribution in [0.1, 0.15) is 57.9 Å². The zero-order valence-corrected chi connectivity index (χ0v) is 20.8. The van der Waals surface area contributed by atoms with Crippen LogP contribution in [0.25, 0.3) is 0 Å². The molecule has 7 nitrogen and oxygen atoms in total. The van der Waals surface area contributed by atoms with Gasteiger partial charge in [-0.3, -0.25) is 13.9 Å². The summed E-state index contributed by atoms with van der Waals surface area (Å²) in [5.74, 6) is 0.456. The van der Waals surface area contributed by atoms with E-state index in [4.69, 9.17) is 4.28 Å². The van der Waals surface area contributed by atoms with Gasteiger partial charge in [-0.2, -0.15) is 8.42 Å². The third-order valence-corrected chi connectivity index (χ3v) is 10.1. The van der Waals surface area contributed by atoms with Gasteiger partial charge in [-0.1, -0.05) is 42.3 Å². The molecule has 182 valence electrons. The Hall–Kier alpha value is -2.48. The Labute approximate surface area is 201 Å². The van der Waals surface area contributed by atoms with E-state index < -0.39 is 15.5 Å². The molecule has 5 atom stereocenters. The highest BCUT2D eigenvalue weighted by molar-refractivity contribution is 7.86. The number of ketones is 1. The van der Waals surface area contributed by atoms with Crippen LogP contribution in [0, 0.1) is 35.5 Å². The summed E-state index contributed by atoms with van der Waals surface area (Å²) in [6.45, 7) is 6.66. The molecule has 4 aliphatic rings. The van der Waals surface area contributed by atoms with Crippen molar-refractivity contribution < 1.29 is 22.3 Å². The topological polar surface area (TPSA) is 102 Å². The first-order chi connectivity index (χ1) is 16.0. The van der Waals surface area contributed by atoms with Crippen LogP contribution in [0.4, 0.5) is 0 Å². The van der Waals surface area contributed by atoms with Crippen LogP contribution in [-0.2, 0) is 24.0 Å². The van der Waals surface area contributed by atoms with Crippen molar-refractivity contribution >= 4 is 27.5 Å². The molecule has 3 fully saturated rings. The molecule has 2 unspecified atom stereocenters. The van der Waals surface area contributed by atoms with E-state index in [1.807, 2.05) is 13.8 Å². The molecule has 5 rings (SSSR count). The molecule has 8 heteroatoms. The number of hydrogen-bond donors (Lipinski definition) is 1. The predicted molar refractivity (Wildman–Crippen MR) is 127 cm³/mol. The zero-order chi connectivity index (χ0) is 24.3. The van der Waals surface area contributed by atoms with Crippen LogP contribution in [0.2, 0.25) is 0 Å². The summed E-state index contributed by atoms with van der Waals surface area (Å²) >= 11 is 0. The molecule has 1 aromatic carbocycles. The molecule has 0 bridgehead atoms. The second-order valence-electron chi connectivity index (χ2n) is 10.9. The van der Waals surface area contributed by atoms with E-state index in [0.29, 0.717) is 25.1 Å². The molecule has 0 radical (unpaired) electrons. The maximum Gasteiger partial charge on any atom is 0.358 e. The fraction of sp³-hybridized carbons (Fsp3) is 0.577. The van der Waals surface area contributed by atoms with E-state index in [2.05, 4.69) is 17.4 Å². The normalized spacial score (nSPS) is 36.6. The summed E-state index contributed by atoms with van der Waals surface area (Å²) in [6, 6.07) is 6.47. The smallest absolute Gasteiger partial charge is 0.353 e. The van der Waals surface area contributed by atoms with Crippen LogP contribution >= 0.6 is 0 Å². The van der Waals surface area contributed by atoms with E-state index in [9.17, 15) is 18.0 Å². The Morgan fingerprint density at radius 2 is 1.79 bits per heavy atom. The largest absolute Gasteiger partial charge is 0.358 e. The van der Waals surface area contributed by atoms with Gasteiger partial charge >= 0.3 is 10.1 Å². The average molecular weight is 485 g/mol. The Morgan fingerprint density at radius 1 is 1.06 bits per heavy atom. The SMILES string of the molecule is Cc1ccc(S(=O)(=O)O/N=C2\CCC3[C@@H]4CCC5=CC(=O)NCC[C@]5(C)C4C(=O)C[C@]23C)cc1. The first-order valence-corrected chi connectivity index (χ1v) is 13.5. The number of Topliss-reactive ketones (excluding diaryl/α,β-unsaturated/α-hetero) is 1. The molecule has 0 spiro atoms. The van der Waals surface area contributed by atoms with Crippen LogP contribution in [0.15, 0.2) is 46.0 Å². The number of benzene rings is 1. The highest BCUT2D eigenvalue weighted by atomic mass is 32.2. The number of oxime groups is 1. The van der Waals surface area contributed by atoms with Crippen LogP contribution < -0.4 is 5.32 Å². The third-order valence-electron chi connectivity index (χ3n) is 8.97. The zero-order valence-electron chi connectivity index (χ0n) is 20.0. The predicted octanol–water partition coefficient (Wildman–Crippen LogP) is 3.92. The maximum atomic E-state index is 13.7. The minimum Gasteiger partial charge on any atom is -0.353 e. The lowest BCUT2D eigenvalue weighted by molar-refractivity contribution is -0.140. The Balaban J connectivity index is 1.42. The number of fused-ring (bicyclic) bond motifs is 5. The minimum absolute atomic E-state index is 0.0625. The van der Waals surface area contributed by atoms with Gasteiger partial charge < -0.3 is 5.32 Å². The Bertz CT molecular complexity index is 1200. The van der Waals surface area contributed by atoms with Gasteiger partial charge in [0.05, 0.1) is 5.71 Å². The molecule has 3 aliphatic carbocycles. The number of nitrogens with zero attached hydrogens (tertiary/aromatic N) is 1. The minimum atomic E-state index is -4.02. The molecule has 3 saturated carbocycles. The van der Waals surface area contributed by atoms with Gasteiger partial charge in [0.2, 0.25) is 5.91 Å². The molecule has 1 N–H and O–H groups in total. The molecule has 0 saturated heterocycles. The first-order valence-electron chi connectivity index (χ1n) is 12.1. The molecule has 1 amide bonds. The van der Waals surface area contributed by atoms with Gasteiger partial charge in [0, 0.05) is 35.8 Å². The lowest BCUT2D eigenvalue weighted by Gasteiger charge is -2.55. The highest BCUT2D eigenvalue weighted by Gasteiger charge is 2.61. The summed E-state index contributed by atoms with van der Waals surface area (Å²) in [5.41, 5.74) is 1.91. The summed E-state index contributed by atoms with van der Waals surface area (Å²) in [7, 11) is -4.02. The monoisotopic (exact) mass is 484 g/mol. The average Bonchev–Trinajstić information content (AvgIpc) is 3.01. The van der Waals surface area contributed by atoms with E-state index >= 15 is 0 Å². The summed E-state index contributed by atoms with van der Waals surface area (Å²) in [5, 5.41) is 7.08. The van der Waals surface area contributed by atoms with Crippen molar-refractivity contribution in [2.75, 3.05) is 6.54 Å². The number of rotatable bonds is 3. The van der Waals surface area contributed by atoms with E-state index in [1.54, 1.807) is 18.2 Å². The van der Waals surface area contributed by atoms with Crippen LogP contribution in [0.3, 0.4) is 0 Å². The van der Waals surface area contributed by atoms with Gasteiger partial charge in [0.1, 0.15) is 10.7 Å². The summed E-state index contributed by atoms with van der Waals surface area (Å²) < 4.78 is 30.5. The van der Waals surface area contributed by atoms with Gasteiger partial charge in [-0.05, 0) is 63.0 Å². The Morgan fingerprint density at radius 3 is 2.53 bits per heavy atom. The third kappa shape index (κ3) is 3.61. The van der Waals surface area contributed by atoms with Crippen molar-refractivity contribution in [2.24, 2.45) is 33.7 Å². The standard InChI is InChI=1S/C26H32N2O5S/c1-16-4-7-18(8-5-16)34(31,32)33-28-22-11-10-20-19-9-6-17-14-23(30)27-13-12-25(17,2)24(19)21(29)15-26(20,22)3/h4-5,7-8,14,19-20,24H,6,9-13,15H2,1-3H3,(H,27,30)/b28-22+/t19-,20?,24?,25-,26-/m0/s1. The van der Waals surface area contributed by atoms with Gasteiger partial charge in [-0.25, -0.2) is 0 Å². The highest BCUT2D eigenvalue weighted by Crippen LogP contribution is 2.62. The van der Waals surface area contributed by atoms with E-state index in [0.717, 1.165) is 36.8 Å². The van der Waals surface area contributed by atoms with Crippen LogP contribution in [-0.4, -0.2) is 32.4 Å². The maximum absolute atomic E-state index is 13.7. The Kier molecular flexibility index (Phi) is 5.50. The van der Waals surface area contributed by atoms with Crippen LogP contribution in [0.5, 0.6) is 0 Å². The fourth-order valence-electron chi connectivity index (χ4n) is 7.18. The van der Waals surface area contributed by atoms with Crippen molar-refractivity contribution in [1.29, 1.82) is 0 Å². The number of allylic oxidation sites excluding steroid dienone is 1. The molecule has 1 heterocycles. The van der Waals surface area contributed by atoms with E-state index in [1.165, 1.54) is 12.1 Å². The number of carbonyl (C=O) groups excluding carboxylic acids is 2. The van der Waals surface area contributed by atoms with E-state index in [-0.39, 0.29) is 39.8 Å². The molecule has 0 aromatic heterocycles. The summed E-state index contributed by atoms with van der Waals surface area (Å²) in [4.78, 5) is 25.9. The number of amides is 1. The number of carbonyl (C=O) groups is 2. The number of aryl methyl sites for hydroxylation is 1. The first kappa shape index (κ1) is 23.3.